The maximum Gasteiger partial charge on any atom is 0.242 e. The summed E-state index contributed by atoms with van der Waals surface area (Å²) in [4.78, 5) is 9.30. The Kier molecular flexibility index (Phi) is 7.76. The SMILES string of the molecule is CCNC(=NCc1ccc(S(=O)(=O)N(C)C)cc1)NCCc1csc(C)n1. The fraction of sp³-hybridized carbons (Fsp3) is 0.444. The van der Waals surface area contributed by atoms with E-state index < -0.39 is 10.0 Å². The molecule has 0 amide bonds. The number of guanidine groups is 1. The van der Waals surface area contributed by atoms with Crippen LogP contribution in [0.2, 0.25) is 0 Å². The van der Waals surface area contributed by atoms with Crippen molar-refractivity contribution < 1.29 is 8.42 Å². The van der Waals surface area contributed by atoms with E-state index >= 15 is 0 Å². The Balaban J connectivity index is 1.95. The van der Waals surface area contributed by atoms with Crippen molar-refractivity contribution in [3.8, 4) is 0 Å². The third-order valence-electron chi connectivity index (χ3n) is 3.81. The van der Waals surface area contributed by atoms with Gasteiger partial charge in [-0.1, -0.05) is 12.1 Å². The molecule has 0 saturated carbocycles. The first-order chi connectivity index (χ1) is 12.8. The van der Waals surface area contributed by atoms with Crippen molar-refractivity contribution in [2.45, 2.75) is 31.7 Å². The number of hydrogen-bond donors (Lipinski definition) is 2. The van der Waals surface area contributed by atoms with Gasteiger partial charge < -0.3 is 10.6 Å². The van der Waals surface area contributed by atoms with Gasteiger partial charge in [-0.3, -0.25) is 0 Å². The number of benzene rings is 1. The molecule has 0 aliphatic rings. The number of rotatable bonds is 8. The second kappa shape index (κ2) is 9.82. The molecular formula is C18H27N5O2S2. The molecule has 2 aromatic rings. The van der Waals surface area contributed by atoms with Gasteiger partial charge in [-0.25, -0.2) is 22.7 Å². The van der Waals surface area contributed by atoms with Crippen LogP contribution in [0, 0.1) is 6.92 Å². The van der Waals surface area contributed by atoms with Gasteiger partial charge in [0, 0.05) is 39.0 Å². The second-order valence-corrected chi connectivity index (χ2v) is 9.38. The summed E-state index contributed by atoms with van der Waals surface area (Å²) in [5.74, 6) is 0.731. The molecule has 2 rings (SSSR count). The Morgan fingerprint density at radius 1 is 1.22 bits per heavy atom. The van der Waals surface area contributed by atoms with E-state index in [1.807, 2.05) is 13.8 Å². The summed E-state index contributed by atoms with van der Waals surface area (Å²) < 4.78 is 25.4. The van der Waals surface area contributed by atoms with E-state index in [-0.39, 0.29) is 4.90 Å². The number of aryl methyl sites for hydroxylation is 1. The van der Waals surface area contributed by atoms with Gasteiger partial charge >= 0.3 is 0 Å². The molecule has 2 N–H and O–H groups in total. The Bertz CT molecular complexity index is 858. The highest BCUT2D eigenvalue weighted by molar-refractivity contribution is 7.89. The van der Waals surface area contributed by atoms with Crippen molar-refractivity contribution in [2.75, 3.05) is 27.2 Å². The largest absolute Gasteiger partial charge is 0.357 e. The smallest absolute Gasteiger partial charge is 0.242 e. The molecule has 0 aliphatic heterocycles. The lowest BCUT2D eigenvalue weighted by Crippen LogP contribution is -2.38. The van der Waals surface area contributed by atoms with Crippen LogP contribution in [0.1, 0.15) is 23.2 Å². The molecule has 148 valence electrons. The van der Waals surface area contributed by atoms with E-state index in [9.17, 15) is 8.42 Å². The maximum absolute atomic E-state index is 12.1. The van der Waals surface area contributed by atoms with Crippen LogP contribution in [0.25, 0.3) is 0 Å². The third kappa shape index (κ3) is 6.30. The summed E-state index contributed by atoms with van der Waals surface area (Å²) in [5, 5.41) is 9.66. The van der Waals surface area contributed by atoms with Gasteiger partial charge in [0.25, 0.3) is 0 Å². The van der Waals surface area contributed by atoms with Crippen LogP contribution in [0.15, 0.2) is 39.5 Å². The van der Waals surface area contributed by atoms with Gasteiger partial charge in [0.1, 0.15) is 0 Å². The van der Waals surface area contributed by atoms with Crippen LogP contribution < -0.4 is 10.6 Å². The Labute approximate surface area is 165 Å². The minimum absolute atomic E-state index is 0.281. The highest BCUT2D eigenvalue weighted by atomic mass is 32.2. The van der Waals surface area contributed by atoms with Crippen LogP contribution in [-0.2, 0) is 23.0 Å². The predicted octanol–water partition coefficient (Wildman–Crippen LogP) is 2.00. The molecule has 9 heteroatoms. The number of nitrogens with one attached hydrogen (secondary N) is 2. The zero-order valence-corrected chi connectivity index (χ0v) is 17.8. The normalized spacial score (nSPS) is 12.4. The van der Waals surface area contributed by atoms with Gasteiger partial charge in [-0.05, 0) is 31.5 Å². The maximum atomic E-state index is 12.1. The number of hydrogen-bond acceptors (Lipinski definition) is 5. The Morgan fingerprint density at radius 3 is 2.48 bits per heavy atom. The van der Waals surface area contributed by atoms with Gasteiger partial charge in [-0.2, -0.15) is 0 Å². The van der Waals surface area contributed by atoms with Crippen molar-refractivity contribution in [3.05, 3.63) is 45.9 Å². The molecule has 1 aromatic carbocycles. The van der Waals surface area contributed by atoms with E-state index in [2.05, 4.69) is 26.0 Å². The van der Waals surface area contributed by atoms with Crippen LogP contribution >= 0.6 is 11.3 Å². The van der Waals surface area contributed by atoms with Crippen LogP contribution in [0.4, 0.5) is 0 Å². The quantitative estimate of drug-likeness (QED) is 0.514. The number of aliphatic imine (C=N–C) groups is 1. The first-order valence-electron chi connectivity index (χ1n) is 8.77. The monoisotopic (exact) mass is 409 g/mol. The fourth-order valence-electron chi connectivity index (χ4n) is 2.32. The highest BCUT2D eigenvalue weighted by Crippen LogP contribution is 2.14. The number of thiazole rings is 1. The lowest BCUT2D eigenvalue weighted by molar-refractivity contribution is 0.520. The van der Waals surface area contributed by atoms with E-state index in [0.29, 0.717) is 6.54 Å². The fourth-order valence-corrected chi connectivity index (χ4v) is 3.87. The zero-order chi connectivity index (χ0) is 19.9. The third-order valence-corrected chi connectivity index (χ3v) is 6.46. The molecule has 0 unspecified atom stereocenters. The molecule has 0 radical (unpaired) electrons. The predicted molar refractivity (Wildman–Crippen MR) is 111 cm³/mol. The van der Waals surface area contributed by atoms with Crippen molar-refractivity contribution in [1.82, 2.24) is 19.9 Å². The molecule has 0 aliphatic carbocycles. The average Bonchev–Trinajstić information content (AvgIpc) is 3.05. The molecule has 0 atom stereocenters. The number of nitrogens with zero attached hydrogens (tertiary/aromatic N) is 3. The summed E-state index contributed by atoms with van der Waals surface area (Å²) in [6.07, 6.45) is 0.839. The summed E-state index contributed by atoms with van der Waals surface area (Å²) in [6.45, 7) is 5.99. The van der Waals surface area contributed by atoms with E-state index in [0.717, 1.165) is 41.7 Å². The number of aromatic nitrogens is 1. The standard InChI is InChI=1S/C18H27N5O2S2/c1-5-19-18(20-11-10-16-13-26-14(2)22-16)21-12-15-6-8-17(9-7-15)27(24,25)23(3)4/h6-9,13H,5,10-12H2,1-4H3,(H2,19,20,21). The number of sulfonamides is 1. The first-order valence-corrected chi connectivity index (χ1v) is 11.1. The molecule has 0 fully saturated rings. The molecule has 0 bridgehead atoms. The van der Waals surface area contributed by atoms with E-state index in [4.69, 9.17) is 0 Å². The lowest BCUT2D eigenvalue weighted by Gasteiger charge is -2.12. The van der Waals surface area contributed by atoms with Gasteiger partial charge in [0.2, 0.25) is 10.0 Å². The van der Waals surface area contributed by atoms with Crippen LogP contribution in [0.3, 0.4) is 0 Å². The first kappa shape index (κ1) is 21.3. The molecule has 0 saturated heterocycles. The topological polar surface area (TPSA) is 86.7 Å². The lowest BCUT2D eigenvalue weighted by atomic mass is 10.2. The van der Waals surface area contributed by atoms with Crippen molar-refractivity contribution in [2.24, 2.45) is 4.99 Å². The Hall–Kier alpha value is -1.97. The molecule has 1 aromatic heterocycles. The van der Waals surface area contributed by atoms with Gasteiger partial charge in [0.05, 0.1) is 22.1 Å². The summed E-state index contributed by atoms with van der Waals surface area (Å²) in [6, 6.07) is 6.82. The Morgan fingerprint density at radius 2 is 1.93 bits per heavy atom. The summed E-state index contributed by atoms with van der Waals surface area (Å²) in [5.41, 5.74) is 2.03. The minimum Gasteiger partial charge on any atom is -0.357 e. The van der Waals surface area contributed by atoms with Crippen molar-refractivity contribution in [1.29, 1.82) is 0 Å². The van der Waals surface area contributed by atoms with Gasteiger partial charge in [-0.15, -0.1) is 11.3 Å². The molecular weight excluding hydrogens is 382 g/mol. The summed E-state index contributed by atoms with van der Waals surface area (Å²) >= 11 is 1.65. The van der Waals surface area contributed by atoms with Crippen molar-refractivity contribution >= 4 is 27.3 Å². The zero-order valence-electron chi connectivity index (χ0n) is 16.2. The van der Waals surface area contributed by atoms with Crippen molar-refractivity contribution in [3.63, 3.8) is 0 Å². The average molecular weight is 410 g/mol. The minimum atomic E-state index is -3.40. The highest BCUT2D eigenvalue weighted by Gasteiger charge is 2.16. The summed E-state index contributed by atoms with van der Waals surface area (Å²) in [7, 11) is -0.357. The molecule has 1 heterocycles. The van der Waals surface area contributed by atoms with Gasteiger partial charge in [0.15, 0.2) is 5.96 Å². The van der Waals surface area contributed by atoms with Crippen LogP contribution in [0.5, 0.6) is 0 Å². The molecule has 0 spiro atoms. The van der Waals surface area contributed by atoms with E-state index in [1.54, 1.807) is 35.6 Å². The molecule has 7 nitrogen and oxygen atoms in total. The second-order valence-electron chi connectivity index (χ2n) is 6.16. The van der Waals surface area contributed by atoms with Crippen LogP contribution in [-0.4, -0.2) is 50.9 Å². The van der Waals surface area contributed by atoms with E-state index in [1.165, 1.54) is 18.4 Å². The molecule has 27 heavy (non-hydrogen) atoms.